The van der Waals surface area contributed by atoms with Gasteiger partial charge < -0.3 is 10.1 Å². The van der Waals surface area contributed by atoms with Crippen LogP contribution in [0.2, 0.25) is 0 Å². The van der Waals surface area contributed by atoms with E-state index >= 15 is 0 Å². The van der Waals surface area contributed by atoms with Gasteiger partial charge in [0, 0.05) is 6.04 Å². The fourth-order valence-electron chi connectivity index (χ4n) is 2.17. The van der Waals surface area contributed by atoms with Crippen molar-refractivity contribution in [3.8, 4) is 11.8 Å². The topological polar surface area (TPSA) is 62.1 Å². The summed E-state index contributed by atoms with van der Waals surface area (Å²) in [5.41, 5.74) is 0.222. The minimum atomic E-state index is -0.632. The number of carbonyl (C=O) groups excluding carboxylic acids is 1. The second-order valence-electron chi connectivity index (χ2n) is 4.59. The van der Waals surface area contributed by atoms with E-state index in [0.29, 0.717) is 0 Å². The van der Waals surface area contributed by atoms with Crippen molar-refractivity contribution in [1.82, 2.24) is 5.32 Å². The third-order valence-electron chi connectivity index (χ3n) is 3.14. The highest BCUT2D eigenvalue weighted by Gasteiger charge is 2.17. The van der Waals surface area contributed by atoms with Crippen LogP contribution in [0.5, 0.6) is 5.75 Å². The van der Waals surface area contributed by atoms with Crippen LogP contribution in [0.4, 0.5) is 4.39 Å². The lowest BCUT2D eigenvalue weighted by atomic mass is 10.2. The van der Waals surface area contributed by atoms with Gasteiger partial charge in [0.15, 0.2) is 18.2 Å². The number of ether oxygens (including phenoxy) is 1. The van der Waals surface area contributed by atoms with Crippen molar-refractivity contribution in [2.75, 3.05) is 6.61 Å². The summed E-state index contributed by atoms with van der Waals surface area (Å²) in [7, 11) is 0. The Labute approximate surface area is 111 Å². The van der Waals surface area contributed by atoms with Crippen LogP contribution in [-0.4, -0.2) is 18.6 Å². The lowest BCUT2D eigenvalue weighted by Gasteiger charge is -2.12. The molecule has 100 valence electrons. The van der Waals surface area contributed by atoms with Gasteiger partial charge in [-0.15, -0.1) is 0 Å². The molecule has 0 aliphatic heterocycles. The summed E-state index contributed by atoms with van der Waals surface area (Å²) in [5, 5.41) is 11.5. The van der Waals surface area contributed by atoms with Crippen LogP contribution < -0.4 is 10.1 Å². The van der Waals surface area contributed by atoms with Gasteiger partial charge in [-0.05, 0) is 31.0 Å². The predicted octanol–water partition coefficient (Wildman–Crippen LogP) is 2.13. The molecule has 1 N–H and O–H groups in total. The van der Waals surface area contributed by atoms with Gasteiger partial charge in [0.05, 0.1) is 11.6 Å². The van der Waals surface area contributed by atoms with E-state index in [1.165, 1.54) is 12.1 Å². The Hall–Kier alpha value is -2.09. The number of hydrogen-bond donors (Lipinski definition) is 1. The highest BCUT2D eigenvalue weighted by atomic mass is 19.1. The monoisotopic (exact) mass is 262 g/mol. The number of nitrogens with zero attached hydrogens (tertiary/aromatic N) is 1. The summed E-state index contributed by atoms with van der Waals surface area (Å²) in [6.07, 6.45) is 4.26. The maximum Gasteiger partial charge on any atom is 0.258 e. The molecular weight excluding hydrogens is 247 g/mol. The third-order valence-corrected chi connectivity index (χ3v) is 3.14. The van der Waals surface area contributed by atoms with Crippen molar-refractivity contribution in [1.29, 1.82) is 5.26 Å². The number of nitriles is 1. The number of carbonyl (C=O) groups is 1. The van der Waals surface area contributed by atoms with E-state index in [4.69, 9.17) is 10.00 Å². The summed E-state index contributed by atoms with van der Waals surface area (Å²) < 4.78 is 18.6. The van der Waals surface area contributed by atoms with E-state index in [-0.39, 0.29) is 29.9 Å². The first-order valence-electron chi connectivity index (χ1n) is 6.31. The molecule has 5 heteroatoms. The molecule has 0 bridgehead atoms. The molecule has 0 heterocycles. The Kier molecular flexibility index (Phi) is 4.35. The SMILES string of the molecule is N#Cc1ccc(OCC(=O)NC2CCCC2)c(F)c1. The molecule has 1 aliphatic rings. The zero-order valence-corrected chi connectivity index (χ0v) is 10.5. The maximum atomic E-state index is 13.5. The van der Waals surface area contributed by atoms with Crippen molar-refractivity contribution in [2.45, 2.75) is 31.7 Å². The lowest BCUT2D eigenvalue weighted by molar-refractivity contribution is -0.123. The first kappa shape index (κ1) is 13.3. The molecule has 19 heavy (non-hydrogen) atoms. The Balaban J connectivity index is 1.84. The molecule has 0 saturated heterocycles. The Morgan fingerprint density at radius 3 is 2.84 bits per heavy atom. The van der Waals surface area contributed by atoms with Crippen LogP contribution in [0.25, 0.3) is 0 Å². The molecule has 1 saturated carbocycles. The number of amides is 1. The van der Waals surface area contributed by atoms with Gasteiger partial charge in [-0.1, -0.05) is 12.8 Å². The number of rotatable bonds is 4. The van der Waals surface area contributed by atoms with Crippen LogP contribution in [0.3, 0.4) is 0 Å². The smallest absolute Gasteiger partial charge is 0.258 e. The molecule has 1 aliphatic carbocycles. The van der Waals surface area contributed by atoms with Crippen LogP contribution in [-0.2, 0) is 4.79 Å². The van der Waals surface area contributed by atoms with Gasteiger partial charge in [-0.25, -0.2) is 4.39 Å². The second-order valence-corrected chi connectivity index (χ2v) is 4.59. The average Bonchev–Trinajstić information content (AvgIpc) is 2.90. The highest BCUT2D eigenvalue weighted by Crippen LogP contribution is 2.19. The largest absolute Gasteiger partial charge is 0.481 e. The van der Waals surface area contributed by atoms with E-state index in [1.807, 2.05) is 6.07 Å². The van der Waals surface area contributed by atoms with Crippen LogP contribution in [0, 0.1) is 17.1 Å². The third kappa shape index (κ3) is 3.68. The molecule has 2 rings (SSSR count). The molecule has 1 amide bonds. The Morgan fingerprint density at radius 2 is 2.21 bits per heavy atom. The van der Waals surface area contributed by atoms with Crippen molar-refractivity contribution in [3.63, 3.8) is 0 Å². The van der Waals surface area contributed by atoms with Crippen molar-refractivity contribution < 1.29 is 13.9 Å². The summed E-state index contributed by atoms with van der Waals surface area (Å²) in [6.45, 7) is -0.209. The highest BCUT2D eigenvalue weighted by molar-refractivity contribution is 5.77. The zero-order chi connectivity index (χ0) is 13.7. The Bertz CT molecular complexity index is 505. The summed E-state index contributed by atoms with van der Waals surface area (Å²) >= 11 is 0. The van der Waals surface area contributed by atoms with Crippen molar-refractivity contribution in [3.05, 3.63) is 29.6 Å². The fourth-order valence-corrected chi connectivity index (χ4v) is 2.17. The minimum Gasteiger partial charge on any atom is -0.481 e. The lowest BCUT2D eigenvalue weighted by Crippen LogP contribution is -2.36. The second kappa shape index (κ2) is 6.19. The molecule has 0 unspecified atom stereocenters. The average molecular weight is 262 g/mol. The van der Waals surface area contributed by atoms with Crippen LogP contribution in [0.1, 0.15) is 31.2 Å². The summed E-state index contributed by atoms with van der Waals surface area (Å²) in [4.78, 5) is 11.6. The van der Waals surface area contributed by atoms with Gasteiger partial charge in [0.25, 0.3) is 5.91 Å². The molecule has 1 aromatic rings. The molecule has 1 aromatic carbocycles. The molecule has 4 nitrogen and oxygen atoms in total. The van der Waals surface area contributed by atoms with Crippen molar-refractivity contribution >= 4 is 5.91 Å². The summed E-state index contributed by atoms with van der Waals surface area (Å²) in [5.74, 6) is -0.885. The fraction of sp³-hybridized carbons (Fsp3) is 0.429. The molecule has 0 aromatic heterocycles. The van der Waals surface area contributed by atoms with E-state index in [1.54, 1.807) is 0 Å². The van der Waals surface area contributed by atoms with Gasteiger partial charge in [-0.2, -0.15) is 5.26 Å². The number of nitrogens with one attached hydrogen (secondary N) is 1. The molecule has 0 atom stereocenters. The predicted molar refractivity (Wildman–Crippen MR) is 67.0 cm³/mol. The molecule has 0 radical (unpaired) electrons. The first-order chi connectivity index (χ1) is 9.19. The van der Waals surface area contributed by atoms with Crippen LogP contribution >= 0.6 is 0 Å². The Morgan fingerprint density at radius 1 is 1.47 bits per heavy atom. The van der Waals surface area contributed by atoms with E-state index in [9.17, 15) is 9.18 Å². The summed E-state index contributed by atoms with van der Waals surface area (Å²) in [6, 6.07) is 5.95. The van der Waals surface area contributed by atoms with E-state index in [2.05, 4.69) is 5.32 Å². The molecule has 0 spiro atoms. The molecular formula is C14H15FN2O2. The zero-order valence-electron chi connectivity index (χ0n) is 10.5. The first-order valence-corrected chi connectivity index (χ1v) is 6.31. The van der Waals surface area contributed by atoms with Gasteiger partial charge in [0.2, 0.25) is 0 Å². The normalized spacial score (nSPS) is 14.9. The van der Waals surface area contributed by atoms with Gasteiger partial charge in [0.1, 0.15) is 0 Å². The van der Waals surface area contributed by atoms with Crippen molar-refractivity contribution in [2.24, 2.45) is 0 Å². The molecule has 1 fully saturated rings. The number of hydrogen-bond acceptors (Lipinski definition) is 3. The number of halogens is 1. The van der Waals surface area contributed by atoms with Gasteiger partial charge in [-0.3, -0.25) is 4.79 Å². The standard InChI is InChI=1S/C14H15FN2O2/c15-12-7-10(8-16)5-6-13(12)19-9-14(18)17-11-3-1-2-4-11/h5-7,11H,1-4,9H2,(H,17,18). The number of benzene rings is 1. The maximum absolute atomic E-state index is 13.5. The minimum absolute atomic E-state index is 0.0134. The van der Waals surface area contributed by atoms with Gasteiger partial charge >= 0.3 is 0 Å². The van der Waals surface area contributed by atoms with E-state index < -0.39 is 5.82 Å². The van der Waals surface area contributed by atoms with Crippen LogP contribution in [0.15, 0.2) is 18.2 Å². The quantitative estimate of drug-likeness (QED) is 0.904. The van der Waals surface area contributed by atoms with E-state index in [0.717, 1.165) is 31.7 Å².